The third-order valence-electron chi connectivity index (χ3n) is 1.78. The second-order valence-electron chi connectivity index (χ2n) is 3.54. The number of hydrogen-bond acceptors (Lipinski definition) is 2. The first-order valence-electron chi connectivity index (χ1n) is 4.13. The normalized spacial score (nSPS) is 16.0. The smallest absolute Gasteiger partial charge is 0.0625 e. The van der Waals surface area contributed by atoms with E-state index >= 15 is 0 Å². The molecule has 0 aliphatic rings. The Kier molecular flexibility index (Phi) is 4.89. The maximum absolute atomic E-state index is 9.47. The summed E-state index contributed by atoms with van der Waals surface area (Å²) in [5, 5.41) is 17.8. The van der Waals surface area contributed by atoms with E-state index in [4.69, 9.17) is 5.26 Å². The van der Waals surface area contributed by atoms with Crippen LogP contribution in [-0.4, -0.2) is 11.2 Å². The van der Waals surface area contributed by atoms with Crippen LogP contribution in [0.2, 0.25) is 0 Å². The zero-order valence-electron chi connectivity index (χ0n) is 7.54. The molecule has 0 spiro atoms. The second kappa shape index (κ2) is 5.15. The van der Waals surface area contributed by atoms with Crippen molar-refractivity contribution in [2.45, 2.75) is 39.7 Å². The molecule has 0 saturated carbocycles. The molecule has 0 aromatic rings. The number of nitrogens with zero attached hydrogens (tertiary/aromatic N) is 1. The van der Waals surface area contributed by atoms with E-state index in [0.717, 1.165) is 6.42 Å². The number of aliphatic hydroxyl groups is 1. The molecule has 0 aliphatic heterocycles. The molecule has 0 bridgehead atoms. The van der Waals surface area contributed by atoms with E-state index in [9.17, 15) is 5.11 Å². The van der Waals surface area contributed by atoms with Gasteiger partial charge in [-0.15, -0.1) is 0 Å². The van der Waals surface area contributed by atoms with Crippen molar-refractivity contribution in [1.29, 1.82) is 5.26 Å². The molecule has 0 aromatic heterocycles. The Hall–Kier alpha value is -0.550. The number of rotatable bonds is 4. The van der Waals surface area contributed by atoms with Gasteiger partial charge in [-0.25, -0.2) is 0 Å². The molecular formula is C9H17NO. The van der Waals surface area contributed by atoms with Gasteiger partial charge in [0.1, 0.15) is 0 Å². The summed E-state index contributed by atoms with van der Waals surface area (Å²) in [7, 11) is 0. The van der Waals surface area contributed by atoms with Crippen LogP contribution in [0.1, 0.15) is 33.6 Å². The van der Waals surface area contributed by atoms with E-state index in [0.29, 0.717) is 12.3 Å². The van der Waals surface area contributed by atoms with Crippen molar-refractivity contribution >= 4 is 0 Å². The average Bonchev–Trinajstić information content (AvgIpc) is 1.86. The highest BCUT2D eigenvalue weighted by Crippen LogP contribution is 2.14. The molecule has 0 rings (SSSR count). The molecule has 0 saturated heterocycles. The SMILES string of the molecule is CC(C)CC(O)C(C)CC#N. The lowest BCUT2D eigenvalue weighted by Gasteiger charge is -2.17. The van der Waals surface area contributed by atoms with Crippen molar-refractivity contribution in [3.05, 3.63) is 0 Å². The highest BCUT2D eigenvalue weighted by Gasteiger charge is 2.14. The molecule has 64 valence electrons. The van der Waals surface area contributed by atoms with E-state index in [1.54, 1.807) is 0 Å². The van der Waals surface area contributed by atoms with Gasteiger partial charge in [-0.1, -0.05) is 20.8 Å². The predicted molar refractivity (Wildman–Crippen MR) is 44.9 cm³/mol. The van der Waals surface area contributed by atoms with Gasteiger partial charge in [-0.05, 0) is 18.3 Å². The quantitative estimate of drug-likeness (QED) is 0.674. The number of aliphatic hydroxyl groups excluding tert-OH is 1. The minimum absolute atomic E-state index is 0.113. The van der Waals surface area contributed by atoms with Crippen molar-refractivity contribution < 1.29 is 5.11 Å². The van der Waals surface area contributed by atoms with Gasteiger partial charge in [0.25, 0.3) is 0 Å². The van der Waals surface area contributed by atoms with Crippen molar-refractivity contribution in [3.63, 3.8) is 0 Å². The second-order valence-corrected chi connectivity index (χ2v) is 3.54. The van der Waals surface area contributed by atoms with Crippen LogP contribution in [0.3, 0.4) is 0 Å². The van der Waals surface area contributed by atoms with Gasteiger partial charge in [-0.2, -0.15) is 5.26 Å². The third kappa shape index (κ3) is 4.80. The van der Waals surface area contributed by atoms with E-state index in [1.807, 2.05) is 6.92 Å². The van der Waals surface area contributed by atoms with Crippen LogP contribution in [0, 0.1) is 23.2 Å². The van der Waals surface area contributed by atoms with Gasteiger partial charge in [-0.3, -0.25) is 0 Å². The molecule has 0 aromatic carbocycles. The first kappa shape index (κ1) is 10.4. The van der Waals surface area contributed by atoms with Crippen molar-refractivity contribution in [1.82, 2.24) is 0 Å². The zero-order chi connectivity index (χ0) is 8.85. The fourth-order valence-corrected chi connectivity index (χ4v) is 0.995. The molecule has 2 heteroatoms. The molecule has 0 heterocycles. The molecule has 2 nitrogen and oxygen atoms in total. The van der Waals surface area contributed by atoms with Crippen molar-refractivity contribution in [3.8, 4) is 6.07 Å². The molecule has 0 aliphatic carbocycles. The summed E-state index contributed by atoms with van der Waals surface area (Å²) in [5.41, 5.74) is 0. The van der Waals surface area contributed by atoms with Gasteiger partial charge in [0.2, 0.25) is 0 Å². The largest absolute Gasteiger partial charge is 0.393 e. The fourth-order valence-electron chi connectivity index (χ4n) is 0.995. The summed E-state index contributed by atoms with van der Waals surface area (Å²) in [4.78, 5) is 0. The van der Waals surface area contributed by atoms with Crippen LogP contribution < -0.4 is 0 Å². The predicted octanol–water partition coefficient (Wildman–Crippen LogP) is 1.94. The lowest BCUT2D eigenvalue weighted by atomic mass is 9.94. The van der Waals surface area contributed by atoms with Gasteiger partial charge in [0.05, 0.1) is 12.2 Å². The van der Waals surface area contributed by atoms with Gasteiger partial charge >= 0.3 is 0 Å². The topological polar surface area (TPSA) is 44.0 Å². The molecule has 0 fully saturated rings. The summed E-state index contributed by atoms with van der Waals surface area (Å²) in [6.45, 7) is 6.06. The lowest BCUT2D eigenvalue weighted by Crippen LogP contribution is -2.19. The Morgan fingerprint density at radius 3 is 2.27 bits per heavy atom. The summed E-state index contributed by atoms with van der Waals surface area (Å²) >= 11 is 0. The third-order valence-corrected chi connectivity index (χ3v) is 1.78. The summed E-state index contributed by atoms with van der Waals surface area (Å²) < 4.78 is 0. The number of nitriles is 1. The van der Waals surface area contributed by atoms with Crippen LogP contribution >= 0.6 is 0 Å². The van der Waals surface area contributed by atoms with Crippen LogP contribution in [0.15, 0.2) is 0 Å². The first-order chi connectivity index (χ1) is 5.07. The average molecular weight is 155 g/mol. The van der Waals surface area contributed by atoms with Crippen molar-refractivity contribution in [2.75, 3.05) is 0 Å². The molecule has 2 unspecified atom stereocenters. The molecule has 0 amide bonds. The number of hydrogen-bond donors (Lipinski definition) is 1. The van der Waals surface area contributed by atoms with Crippen LogP contribution in [-0.2, 0) is 0 Å². The van der Waals surface area contributed by atoms with Crippen molar-refractivity contribution in [2.24, 2.45) is 11.8 Å². The Bertz CT molecular complexity index is 137. The Labute approximate surface area is 68.8 Å². The van der Waals surface area contributed by atoms with E-state index in [1.165, 1.54) is 0 Å². The molecular weight excluding hydrogens is 138 g/mol. The van der Waals surface area contributed by atoms with E-state index < -0.39 is 0 Å². The Morgan fingerprint density at radius 1 is 1.36 bits per heavy atom. The molecule has 1 N–H and O–H groups in total. The molecule has 2 atom stereocenters. The first-order valence-corrected chi connectivity index (χ1v) is 4.13. The fraction of sp³-hybridized carbons (Fsp3) is 0.889. The minimum Gasteiger partial charge on any atom is -0.393 e. The van der Waals surface area contributed by atoms with Crippen LogP contribution in [0.5, 0.6) is 0 Å². The summed E-state index contributed by atoms with van der Waals surface area (Å²) in [5.74, 6) is 0.619. The lowest BCUT2D eigenvalue weighted by molar-refractivity contribution is 0.0965. The van der Waals surface area contributed by atoms with Crippen LogP contribution in [0.4, 0.5) is 0 Å². The highest BCUT2D eigenvalue weighted by molar-refractivity contribution is 4.77. The monoisotopic (exact) mass is 155 g/mol. The van der Waals surface area contributed by atoms with E-state index in [2.05, 4.69) is 19.9 Å². The molecule has 11 heavy (non-hydrogen) atoms. The minimum atomic E-state index is -0.311. The van der Waals surface area contributed by atoms with Gasteiger partial charge in [0.15, 0.2) is 0 Å². The Balaban J connectivity index is 3.65. The van der Waals surface area contributed by atoms with Gasteiger partial charge < -0.3 is 5.11 Å². The Morgan fingerprint density at radius 2 is 1.91 bits per heavy atom. The summed E-state index contributed by atoms with van der Waals surface area (Å²) in [6.07, 6.45) is 0.936. The highest BCUT2D eigenvalue weighted by atomic mass is 16.3. The van der Waals surface area contributed by atoms with Crippen LogP contribution in [0.25, 0.3) is 0 Å². The maximum atomic E-state index is 9.47. The molecule has 0 radical (unpaired) electrons. The maximum Gasteiger partial charge on any atom is 0.0625 e. The summed E-state index contributed by atoms with van der Waals surface area (Å²) in [6, 6.07) is 2.06. The van der Waals surface area contributed by atoms with Gasteiger partial charge in [0, 0.05) is 6.42 Å². The van der Waals surface area contributed by atoms with E-state index in [-0.39, 0.29) is 12.0 Å². The standard InChI is InChI=1S/C9H17NO/c1-7(2)6-9(11)8(3)4-5-10/h7-9,11H,4,6H2,1-3H3. The zero-order valence-corrected chi connectivity index (χ0v) is 7.54.